The van der Waals surface area contributed by atoms with Crippen LogP contribution in [0.5, 0.6) is 0 Å². The first-order valence-electron chi connectivity index (χ1n) is 6.72. The molecular formula is C17H12N2O3. The van der Waals surface area contributed by atoms with Crippen LogP contribution in [-0.4, -0.2) is 10.4 Å². The number of oxazole rings is 1. The molecule has 0 saturated carbocycles. The van der Waals surface area contributed by atoms with E-state index in [1.54, 1.807) is 36.4 Å². The summed E-state index contributed by atoms with van der Waals surface area (Å²) in [6.07, 6.45) is 0. The molecule has 1 aromatic heterocycles. The van der Waals surface area contributed by atoms with E-state index in [2.05, 4.69) is 6.07 Å². The van der Waals surface area contributed by atoms with E-state index in [-0.39, 0.29) is 12.3 Å². The Hall–Kier alpha value is -3.13. The molecule has 0 fully saturated rings. The summed E-state index contributed by atoms with van der Waals surface area (Å²) in [4.78, 5) is 23.4. The molecule has 0 aliphatic rings. The normalized spacial score (nSPS) is 10.5. The summed E-state index contributed by atoms with van der Waals surface area (Å²) < 4.78 is 6.66. The first-order valence-corrected chi connectivity index (χ1v) is 6.72. The zero-order valence-electron chi connectivity index (χ0n) is 11.9. The Balaban J connectivity index is 2.12. The van der Waals surface area contributed by atoms with Crippen LogP contribution < -0.4 is 5.76 Å². The summed E-state index contributed by atoms with van der Waals surface area (Å²) in [6.45, 7) is 1.70. The number of carbonyl (C=O) groups is 1. The number of benzene rings is 2. The maximum Gasteiger partial charge on any atom is 0.420 e. The highest BCUT2D eigenvalue weighted by molar-refractivity contribution is 5.96. The van der Waals surface area contributed by atoms with Crippen molar-refractivity contribution in [3.63, 3.8) is 0 Å². The molecule has 22 heavy (non-hydrogen) atoms. The number of rotatable bonds is 3. The molecule has 0 saturated heterocycles. The summed E-state index contributed by atoms with van der Waals surface area (Å²) in [5, 5.41) is 9.13. The zero-order valence-corrected chi connectivity index (χ0v) is 11.9. The minimum atomic E-state index is -0.511. The molecule has 0 aliphatic heterocycles. The van der Waals surface area contributed by atoms with Crippen LogP contribution in [0.4, 0.5) is 0 Å². The largest absolute Gasteiger partial charge is 0.420 e. The number of Topliss-reactive ketones (excluding diaryl/α,β-unsaturated/α-hetero) is 1. The molecule has 2 aromatic carbocycles. The van der Waals surface area contributed by atoms with Crippen LogP contribution in [0, 0.1) is 11.3 Å². The van der Waals surface area contributed by atoms with Gasteiger partial charge in [-0.2, -0.15) is 5.26 Å². The highest BCUT2D eigenvalue weighted by Gasteiger charge is 2.13. The standard InChI is InChI=1S/C17H12N2O3/c1-11(20)12-6-7-15-16(8-12)22-17(21)19(15)10-14-5-3-2-4-13(14)9-18/h2-8H,10H2,1H3. The van der Waals surface area contributed by atoms with Crippen LogP contribution >= 0.6 is 0 Å². The number of nitriles is 1. The van der Waals surface area contributed by atoms with Gasteiger partial charge in [-0.25, -0.2) is 4.79 Å². The van der Waals surface area contributed by atoms with Crippen LogP contribution in [0.25, 0.3) is 11.1 Å². The Bertz CT molecular complexity index is 973. The molecule has 108 valence electrons. The molecule has 1 heterocycles. The third-order valence-electron chi connectivity index (χ3n) is 3.54. The van der Waals surface area contributed by atoms with Crippen molar-refractivity contribution in [1.29, 1.82) is 5.26 Å². The van der Waals surface area contributed by atoms with E-state index in [4.69, 9.17) is 9.68 Å². The molecule has 5 nitrogen and oxygen atoms in total. The average Bonchev–Trinajstić information content (AvgIpc) is 2.83. The highest BCUT2D eigenvalue weighted by Crippen LogP contribution is 2.18. The number of carbonyl (C=O) groups excluding carboxylic acids is 1. The Labute approximate surface area is 126 Å². The van der Waals surface area contributed by atoms with Crippen LogP contribution in [0.1, 0.15) is 28.4 Å². The van der Waals surface area contributed by atoms with Crippen LogP contribution in [0.3, 0.4) is 0 Å². The lowest BCUT2D eigenvalue weighted by Crippen LogP contribution is -2.15. The molecule has 0 bridgehead atoms. The topological polar surface area (TPSA) is 76.0 Å². The number of hydrogen-bond donors (Lipinski definition) is 0. The van der Waals surface area contributed by atoms with Gasteiger partial charge in [0, 0.05) is 5.56 Å². The summed E-state index contributed by atoms with van der Waals surface area (Å²) in [5.74, 6) is -0.601. The van der Waals surface area contributed by atoms with Crippen LogP contribution in [0.15, 0.2) is 51.7 Å². The summed E-state index contributed by atoms with van der Waals surface area (Å²) in [7, 11) is 0. The van der Waals surface area contributed by atoms with Gasteiger partial charge in [-0.05, 0) is 36.8 Å². The molecule has 0 radical (unpaired) electrons. The van der Waals surface area contributed by atoms with E-state index in [1.807, 2.05) is 6.07 Å². The molecule has 3 aromatic rings. The van der Waals surface area contributed by atoms with Gasteiger partial charge in [-0.15, -0.1) is 0 Å². The van der Waals surface area contributed by atoms with E-state index in [0.717, 1.165) is 5.56 Å². The zero-order chi connectivity index (χ0) is 15.7. The van der Waals surface area contributed by atoms with Gasteiger partial charge in [0.15, 0.2) is 11.4 Å². The van der Waals surface area contributed by atoms with Crippen molar-refractivity contribution in [1.82, 2.24) is 4.57 Å². The van der Waals surface area contributed by atoms with Gasteiger partial charge in [0.1, 0.15) is 0 Å². The first-order chi connectivity index (χ1) is 10.6. The van der Waals surface area contributed by atoms with Gasteiger partial charge in [-0.1, -0.05) is 18.2 Å². The molecule has 0 atom stereocenters. The molecular weight excluding hydrogens is 280 g/mol. The Morgan fingerprint density at radius 2 is 2.05 bits per heavy atom. The second-order valence-electron chi connectivity index (χ2n) is 4.96. The Kier molecular flexibility index (Phi) is 3.36. The quantitative estimate of drug-likeness (QED) is 0.695. The second-order valence-corrected chi connectivity index (χ2v) is 4.96. The fourth-order valence-electron chi connectivity index (χ4n) is 2.37. The fraction of sp³-hybridized carbons (Fsp3) is 0.118. The van der Waals surface area contributed by atoms with Crippen molar-refractivity contribution < 1.29 is 9.21 Å². The van der Waals surface area contributed by atoms with Gasteiger partial charge >= 0.3 is 5.76 Å². The molecule has 0 unspecified atom stereocenters. The molecule has 3 rings (SSSR count). The molecule has 0 N–H and O–H groups in total. The fourth-order valence-corrected chi connectivity index (χ4v) is 2.37. The minimum absolute atomic E-state index is 0.0906. The van der Waals surface area contributed by atoms with E-state index in [9.17, 15) is 9.59 Å². The summed E-state index contributed by atoms with van der Waals surface area (Å²) >= 11 is 0. The van der Waals surface area contributed by atoms with E-state index < -0.39 is 5.76 Å². The molecule has 0 spiro atoms. The number of nitrogens with zero attached hydrogens (tertiary/aromatic N) is 2. The van der Waals surface area contributed by atoms with E-state index in [1.165, 1.54) is 11.5 Å². The maximum atomic E-state index is 12.1. The van der Waals surface area contributed by atoms with Gasteiger partial charge < -0.3 is 4.42 Å². The SMILES string of the molecule is CC(=O)c1ccc2c(c1)oc(=O)n2Cc1ccccc1C#N. The van der Waals surface area contributed by atoms with E-state index >= 15 is 0 Å². The predicted molar refractivity (Wildman–Crippen MR) is 80.7 cm³/mol. The molecule has 0 aliphatic carbocycles. The highest BCUT2D eigenvalue weighted by atomic mass is 16.4. The van der Waals surface area contributed by atoms with Crippen molar-refractivity contribution in [3.05, 3.63) is 69.7 Å². The van der Waals surface area contributed by atoms with Crippen LogP contribution in [0.2, 0.25) is 0 Å². The number of aromatic nitrogens is 1. The maximum absolute atomic E-state index is 12.1. The Morgan fingerprint density at radius 1 is 1.27 bits per heavy atom. The monoisotopic (exact) mass is 292 g/mol. The van der Waals surface area contributed by atoms with Crippen molar-refractivity contribution >= 4 is 16.9 Å². The predicted octanol–water partition coefficient (Wildman–Crippen LogP) is 2.72. The summed E-state index contributed by atoms with van der Waals surface area (Å²) in [5.41, 5.74) is 2.72. The van der Waals surface area contributed by atoms with Crippen molar-refractivity contribution in [3.8, 4) is 6.07 Å². The van der Waals surface area contributed by atoms with Crippen molar-refractivity contribution in [2.24, 2.45) is 0 Å². The first kappa shape index (κ1) is 13.8. The number of ketones is 1. The third kappa shape index (κ3) is 2.31. The number of hydrogen-bond acceptors (Lipinski definition) is 4. The lowest BCUT2D eigenvalue weighted by molar-refractivity contribution is 0.101. The van der Waals surface area contributed by atoms with Gasteiger partial charge in [-0.3, -0.25) is 9.36 Å². The van der Waals surface area contributed by atoms with Gasteiger partial charge in [0.05, 0.1) is 23.7 Å². The smallest absolute Gasteiger partial charge is 0.408 e. The van der Waals surface area contributed by atoms with E-state index in [0.29, 0.717) is 22.2 Å². The third-order valence-corrected chi connectivity index (χ3v) is 3.54. The van der Waals surface area contributed by atoms with Gasteiger partial charge in [0.2, 0.25) is 0 Å². The second kappa shape index (κ2) is 5.34. The number of fused-ring (bicyclic) bond motifs is 1. The minimum Gasteiger partial charge on any atom is -0.408 e. The van der Waals surface area contributed by atoms with Crippen molar-refractivity contribution in [2.45, 2.75) is 13.5 Å². The lowest BCUT2D eigenvalue weighted by Gasteiger charge is -2.04. The summed E-state index contributed by atoms with van der Waals surface area (Å²) in [6, 6.07) is 14.1. The average molecular weight is 292 g/mol. The van der Waals surface area contributed by atoms with Crippen molar-refractivity contribution in [2.75, 3.05) is 0 Å². The molecule has 0 amide bonds. The lowest BCUT2D eigenvalue weighted by atomic mass is 10.1. The van der Waals surface area contributed by atoms with Gasteiger partial charge in [0.25, 0.3) is 0 Å². The Morgan fingerprint density at radius 3 is 2.77 bits per heavy atom. The molecule has 5 heteroatoms. The van der Waals surface area contributed by atoms with Crippen LogP contribution in [-0.2, 0) is 6.54 Å².